The summed E-state index contributed by atoms with van der Waals surface area (Å²) >= 11 is 0. The number of hydrogen-bond donors (Lipinski definition) is 1. The summed E-state index contributed by atoms with van der Waals surface area (Å²) in [5.74, 6) is -0.0485. The van der Waals surface area contributed by atoms with E-state index in [-0.39, 0.29) is 17.9 Å². The number of pyridine rings is 1. The number of alkyl halides is 3. The fourth-order valence-electron chi connectivity index (χ4n) is 2.69. The maximum atomic E-state index is 12.7. The van der Waals surface area contributed by atoms with Gasteiger partial charge in [0.05, 0.1) is 11.2 Å². The van der Waals surface area contributed by atoms with Crippen LogP contribution in [0.2, 0.25) is 0 Å². The predicted octanol–water partition coefficient (Wildman–Crippen LogP) is 2.71. The quantitative estimate of drug-likeness (QED) is 0.932. The van der Waals surface area contributed by atoms with E-state index in [2.05, 4.69) is 4.98 Å². The Hall–Kier alpha value is -1.81. The third-order valence-corrected chi connectivity index (χ3v) is 3.71. The van der Waals surface area contributed by atoms with Gasteiger partial charge >= 0.3 is 6.18 Å². The van der Waals surface area contributed by atoms with Gasteiger partial charge in [-0.1, -0.05) is 12.8 Å². The molecule has 0 amide bonds. The molecular formula is C14H16F3N3O. The van der Waals surface area contributed by atoms with Gasteiger partial charge in [0.25, 0.3) is 0 Å². The van der Waals surface area contributed by atoms with Crippen LogP contribution in [0.1, 0.15) is 36.9 Å². The molecule has 4 nitrogen and oxygen atoms in total. The Labute approximate surface area is 120 Å². The van der Waals surface area contributed by atoms with Crippen LogP contribution in [0.15, 0.2) is 12.1 Å². The van der Waals surface area contributed by atoms with Gasteiger partial charge in [0, 0.05) is 13.6 Å². The molecule has 1 aliphatic rings. The molecule has 0 aliphatic heterocycles. The van der Waals surface area contributed by atoms with Crippen molar-refractivity contribution in [3.63, 3.8) is 0 Å². The number of hydrogen-bond acceptors (Lipinski definition) is 4. The van der Waals surface area contributed by atoms with Crippen LogP contribution in [0.3, 0.4) is 0 Å². The summed E-state index contributed by atoms with van der Waals surface area (Å²) in [6.07, 6.45) is -1.55. The molecular weight excluding hydrogens is 283 g/mol. The Kier molecular flexibility index (Phi) is 4.10. The molecule has 1 aliphatic carbocycles. The van der Waals surface area contributed by atoms with E-state index in [0.29, 0.717) is 12.8 Å². The Morgan fingerprint density at radius 2 is 2.00 bits per heavy atom. The summed E-state index contributed by atoms with van der Waals surface area (Å²) in [5, 5.41) is 19.4. The normalized spacial score (nSPS) is 17.5. The highest BCUT2D eigenvalue weighted by molar-refractivity contribution is 5.54. The second-order valence-corrected chi connectivity index (χ2v) is 5.46. The summed E-state index contributed by atoms with van der Waals surface area (Å²) in [7, 11) is 1.54. The highest BCUT2D eigenvalue weighted by Crippen LogP contribution is 2.33. The molecule has 114 valence electrons. The van der Waals surface area contributed by atoms with E-state index in [9.17, 15) is 18.3 Å². The zero-order valence-corrected chi connectivity index (χ0v) is 11.6. The highest BCUT2D eigenvalue weighted by Gasteiger charge is 2.35. The summed E-state index contributed by atoms with van der Waals surface area (Å²) in [6.45, 7) is 0.163. The third kappa shape index (κ3) is 3.45. The maximum Gasteiger partial charge on any atom is 0.433 e. The first kappa shape index (κ1) is 15.6. The van der Waals surface area contributed by atoms with Gasteiger partial charge in [0.2, 0.25) is 0 Å². The van der Waals surface area contributed by atoms with Crippen molar-refractivity contribution in [2.45, 2.75) is 37.5 Å². The van der Waals surface area contributed by atoms with Gasteiger partial charge in [-0.05, 0) is 25.0 Å². The fraction of sp³-hybridized carbons (Fsp3) is 0.571. The monoisotopic (exact) mass is 299 g/mol. The molecule has 7 heteroatoms. The van der Waals surface area contributed by atoms with Crippen LogP contribution in [-0.4, -0.2) is 29.3 Å². The van der Waals surface area contributed by atoms with Crippen molar-refractivity contribution in [1.29, 1.82) is 5.26 Å². The Bertz CT molecular complexity index is 560. The van der Waals surface area contributed by atoms with Crippen molar-refractivity contribution in [1.82, 2.24) is 4.98 Å². The zero-order chi connectivity index (χ0) is 15.7. The molecule has 0 aromatic carbocycles. The van der Waals surface area contributed by atoms with Crippen LogP contribution in [0.5, 0.6) is 0 Å². The number of rotatable bonds is 3. The van der Waals surface area contributed by atoms with E-state index < -0.39 is 17.5 Å². The molecule has 0 unspecified atom stereocenters. The minimum atomic E-state index is -4.56. The number of nitriles is 1. The number of halogens is 3. The van der Waals surface area contributed by atoms with Crippen LogP contribution in [0, 0.1) is 11.3 Å². The molecule has 1 heterocycles. The van der Waals surface area contributed by atoms with Crippen LogP contribution in [0.25, 0.3) is 0 Å². The van der Waals surface area contributed by atoms with Crippen LogP contribution in [-0.2, 0) is 6.18 Å². The Morgan fingerprint density at radius 3 is 2.52 bits per heavy atom. The van der Waals surface area contributed by atoms with Crippen molar-refractivity contribution in [2.24, 2.45) is 0 Å². The van der Waals surface area contributed by atoms with Gasteiger partial charge in [0.1, 0.15) is 17.6 Å². The lowest BCUT2D eigenvalue weighted by atomic mass is 10.0. The summed E-state index contributed by atoms with van der Waals surface area (Å²) < 4.78 is 38.2. The van der Waals surface area contributed by atoms with Gasteiger partial charge in [-0.25, -0.2) is 4.98 Å². The smallest absolute Gasteiger partial charge is 0.388 e. The zero-order valence-electron chi connectivity index (χ0n) is 11.6. The van der Waals surface area contributed by atoms with Gasteiger partial charge in [0.15, 0.2) is 0 Å². The van der Waals surface area contributed by atoms with Crippen molar-refractivity contribution >= 4 is 5.82 Å². The van der Waals surface area contributed by atoms with Gasteiger partial charge in [-0.2, -0.15) is 18.4 Å². The lowest BCUT2D eigenvalue weighted by Gasteiger charge is -2.30. The van der Waals surface area contributed by atoms with Crippen molar-refractivity contribution in [3.05, 3.63) is 23.4 Å². The van der Waals surface area contributed by atoms with Crippen molar-refractivity contribution < 1.29 is 18.3 Å². The van der Waals surface area contributed by atoms with Crippen molar-refractivity contribution in [2.75, 3.05) is 18.5 Å². The first-order valence-corrected chi connectivity index (χ1v) is 6.67. The summed E-state index contributed by atoms with van der Waals surface area (Å²) in [6, 6.07) is 3.74. The Balaban J connectivity index is 2.30. The average molecular weight is 299 g/mol. The van der Waals surface area contributed by atoms with E-state index in [1.165, 1.54) is 4.90 Å². The number of aliphatic hydroxyl groups is 1. The summed E-state index contributed by atoms with van der Waals surface area (Å²) in [4.78, 5) is 4.98. The standard InChI is InChI=1S/C14H16F3N3O/c1-20(9-13(21)6-2-3-7-13)12-10(8-18)4-5-11(19-12)14(15,16)17/h4-5,21H,2-3,6-7,9H2,1H3. The Morgan fingerprint density at radius 1 is 1.38 bits per heavy atom. The van der Waals surface area contributed by atoms with Gasteiger partial charge in [-0.15, -0.1) is 0 Å². The molecule has 0 atom stereocenters. The number of aromatic nitrogens is 1. The molecule has 1 aromatic heterocycles. The lowest BCUT2D eigenvalue weighted by Crippen LogP contribution is -2.40. The maximum absolute atomic E-state index is 12.7. The largest absolute Gasteiger partial charge is 0.433 e. The molecule has 0 bridgehead atoms. The third-order valence-electron chi connectivity index (χ3n) is 3.71. The molecule has 1 N–H and O–H groups in total. The molecule has 1 fully saturated rings. The summed E-state index contributed by atoms with van der Waals surface area (Å²) in [5.41, 5.74) is -1.90. The van der Waals surface area contributed by atoms with Crippen LogP contribution >= 0.6 is 0 Å². The van der Waals surface area contributed by atoms with E-state index in [0.717, 1.165) is 25.0 Å². The predicted molar refractivity (Wildman–Crippen MR) is 70.6 cm³/mol. The average Bonchev–Trinajstić information content (AvgIpc) is 2.83. The second kappa shape index (κ2) is 5.53. The van der Waals surface area contributed by atoms with E-state index >= 15 is 0 Å². The van der Waals surface area contributed by atoms with Gasteiger partial charge < -0.3 is 10.0 Å². The SMILES string of the molecule is CN(CC1(O)CCCC1)c1nc(C(F)(F)F)ccc1C#N. The highest BCUT2D eigenvalue weighted by atomic mass is 19.4. The number of nitrogens with zero attached hydrogens (tertiary/aromatic N) is 3. The fourth-order valence-corrected chi connectivity index (χ4v) is 2.69. The van der Waals surface area contributed by atoms with Gasteiger partial charge in [-0.3, -0.25) is 0 Å². The first-order chi connectivity index (χ1) is 9.75. The number of anilines is 1. The lowest BCUT2D eigenvalue weighted by molar-refractivity contribution is -0.141. The molecule has 1 saturated carbocycles. The van der Waals surface area contributed by atoms with Crippen LogP contribution in [0.4, 0.5) is 19.0 Å². The second-order valence-electron chi connectivity index (χ2n) is 5.46. The minimum absolute atomic E-state index is 0.0485. The molecule has 21 heavy (non-hydrogen) atoms. The van der Waals surface area contributed by atoms with E-state index in [1.54, 1.807) is 7.05 Å². The molecule has 0 spiro atoms. The molecule has 0 radical (unpaired) electrons. The molecule has 0 saturated heterocycles. The van der Waals surface area contributed by atoms with E-state index in [1.807, 2.05) is 6.07 Å². The van der Waals surface area contributed by atoms with Crippen molar-refractivity contribution in [3.8, 4) is 6.07 Å². The molecule has 1 aromatic rings. The topological polar surface area (TPSA) is 60.1 Å². The first-order valence-electron chi connectivity index (χ1n) is 6.67. The van der Waals surface area contributed by atoms with Crippen LogP contribution < -0.4 is 4.90 Å². The minimum Gasteiger partial charge on any atom is -0.388 e. The molecule has 2 rings (SSSR count). The van der Waals surface area contributed by atoms with E-state index in [4.69, 9.17) is 5.26 Å². The number of likely N-dealkylation sites (N-methyl/N-ethyl adjacent to an activating group) is 1.